The van der Waals surface area contributed by atoms with E-state index in [2.05, 4.69) is 43.1 Å². The van der Waals surface area contributed by atoms with Crippen LogP contribution in [0.3, 0.4) is 0 Å². The van der Waals surface area contributed by atoms with Crippen molar-refractivity contribution in [2.45, 2.75) is 52.5 Å². The highest BCUT2D eigenvalue weighted by atomic mass is 32.1. The summed E-state index contributed by atoms with van der Waals surface area (Å²) in [6.45, 7) is 11.8. The van der Waals surface area contributed by atoms with E-state index in [1.54, 1.807) is 4.88 Å². The van der Waals surface area contributed by atoms with E-state index in [4.69, 9.17) is 0 Å². The van der Waals surface area contributed by atoms with Gasteiger partial charge in [0, 0.05) is 22.3 Å². The molecule has 20 heavy (non-hydrogen) atoms. The predicted molar refractivity (Wildman–Crippen MR) is 89.6 cm³/mol. The minimum absolute atomic E-state index is 0.571. The molecule has 114 valence electrons. The molecule has 1 aromatic rings. The third kappa shape index (κ3) is 4.31. The minimum Gasteiger partial charge on any atom is -0.316 e. The van der Waals surface area contributed by atoms with Crippen LogP contribution in [-0.4, -0.2) is 31.1 Å². The standard InChI is InChI=1S/C17H30N2S/c1-4-11-19(13-15-7-6-10-18-12-15)14(3)17-9-8-16(5-2)20-17/h8-9,14-15,18H,4-7,10-13H2,1-3H3. The van der Waals surface area contributed by atoms with Crippen LogP contribution in [-0.2, 0) is 6.42 Å². The first-order valence-electron chi connectivity index (χ1n) is 8.28. The third-order valence-corrected chi connectivity index (χ3v) is 5.79. The van der Waals surface area contributed by atoms with Crippen LogP contribution >= 0.6 is 11.3 Å². The van der Waals surface area contributed by atoms with E-state index in [1.807, 2.05) is 11.3 Å². The Labute approximate surface area is 128 Å². The van der Waals surface area contributed by atoms with Crippen LogP contribution < -0.4 is 5.32 Å². The maximum absolute atomic E-state index is 3.55. The summed E-state index contributed by atoms with van der Waals surface area (Å²) in [5.74, 6) is 0.836. The molecule has 1 aliphatic heterocycles. The van der Waals surface area contributed by atoms with Crippen LogP contribution in [0.2, 0.25) is 0 Å². The average Bonchev–Trinajstić information content (AvgIpc) is 2.96. The SMILES string of the molecule is CCCN(CC1CCCNC1)C(C)c1ccc(CC)s1. The lowest BCUT2D eigenvalue weighted by molar-refractivity contribution is 0.165. The Morgan fingerprint density at radius 1 is 1.40 bits per heavy atom. The summed E-state index contributed by atoms with van der Waals surface area (Å²) in [6.07, 6.45) is 5.15. The molecule has 1 saturated heterocycles. The Kier molecular flexibility index (Phi) is 6.53. The van der Waals surface area contributed by atoms with Crippen molar-refractivity contribution in [1.82, 2.24) is 10.2 Å². The van der Waals surface area contributed by atoms with Gasteiger partial charge >= 0.3 is 0 Å². The molecule has 0 amide bonds. The first kappa shape index (κ1) is 16.0. The molecule has 0 saturated carbocycles. The van der Waals surface area contributed by atoms with Crippen molar-refractivity contribution in [2.24, 2.45) is 5.92 Å². The Morgan fingerprint density at radius 3 is 2.85 bits per heavy atom. The summed E-state index contributed by atoms with van der Waals surface area (Å²) >= 11 is 2.00. The number of nitrogens with zero attached hydrogens (tertiary/aromatic N) is 1. The molecule has 0 aliphatic carbocycles. The van der Waals surface area contributed by atoms with Crippen LogP contribution in [0.15, 0.2) is 12.1 Å². The lowest BCUT2D eigenvalue weighted by atomic mass is 9.98. The van der Waals surface area contributed by atoms with Crippen molar-refractivity contribution >= 4 is 11.3 Å². The summed E-state index contributed by atoms with van der Waals surface area (Å²) in [5.41, 5.74) is 0. The smallest absolute Gasteiger partial charge is 0.0413 e. The minimum atomic E-state index is 0.571. The molecule has 2 atom stereocenters. The van der Waals surface area contributed by atoms with Gasteiger partial charge in [-0.25, -0.2) is 0 Å². The molecule has 1 N–H and O–H groups in total. The molecule has 0 spiro atoms. The maximum Gasteiger partial charge on any atom is 0.0413 e. The lowest BCUT2D eigenvalue weighted by Gasteiger charge is -2.33. The molecule has 1 aromatic heterocycles. The van der Waals surface area contributed by atoms with Crippen LogP contribution in [0.5, 0.6) is 0 Å². The Balaban J connectivity index is 1.98. The Hall–Kier alpha value is -0.380. The molecule has 2 nitrogen and oxygen atoms in total. The zero-order valence-corrected chi connectivity index (χ0v) is 14.1. The number of hydrogen-bond donors (Lipinski definition) is 1. The van der Waals surface area contributed by atoms with Gasteiger partial charge in [-0.1, -0.05) is 13.8 Å². The van der Waals surface area contributed by atoms with Crippen LogP contribution in [0.4, 0.5) is 0 Å². The largest absolute Gasteiger partial charge is 0.316 e. The number of thiophene rings is 1. The number of rotatable bonds is 7. The first-order chi connectivity index (χ1) is 9.74. The fraction of sp³-hybridized carbons (Fsp3) is 0.765. The zero-order valence-electron chi connectivity index (χ0n) is 13.3. The van der Waals surface area contributed by atoms with Gasteiger partial charge < -0.3 is 5.32 Å². The molecule has 2 rings (SSSR count). The van der Waals surface area contributed by atoms with Gasteiger partial charge in [0.05, 0.1) is 0 Å². The second-order valence-electron chi connectivity index (χ2n) is 6.04. The summed E-state index contributed by atoms with van der Waals surface area (Å²) in [7, 11) is 0. The highest BCUT2D eigenvalue weighted by Gasteiger charge is 2.22. The number of aryl methyl sites for hydroxylation is 1. The molecular formula is C17H30N2S. The van der Waals surface area contributed by atoms with Gasteiger partial charge in [-0.15, -0.1) is 11.3 Å². The van der Waals surface area contributed by atoms with Gasteiger partial charge in [-0.3, -0.25) is 4.90 Å². The molecule has 2 heterocycles. The zero-order chi connectivity index (χ0) is 14.4. The fourth-order valence-electron chi connectivity index (χ4n) is 3.13. The Bertz CT molecular complexity index is 382. The molecule has 3 heteroatoms. The highest BCUT2D eigenvalue weighted by molar-refractivity contribution is 7.12. The van der Waals surface area contributed by atoms with E-state index < -0.39 is 0 Å². The van der Waals surface area contributed by atoms with Crippen LogP contribution in [0, 0.1) is 5.92 Å². The molecular weight excluding hydrogens is 264 g/mol. The predicted octanol–water partition coefficient (Wildman–Crippen LogP) is 4.08. The molecule has 0 bridgehead atoms. The quantitative estimate of drug-likeness (QED) is 0.815. The van der Waals surface area contributed by atoms with Crippen molar-refractivity contribution in [1.29, 1.82) is 0 Å². The number of hydrogen-bond acceptors (Lipinski definition) is 3. The van der Waals surface area contributed by atoms with Gasteiger partial charge in [0.2, 0.25) is 0 Å². The van der Waals surface area contributed by atoms with E-state index in [-0.39, 0.29) is 0 Å². The molecule has 2 unspecified atom stereocenters. The van der Waals surface area contributed by atoms with E-state index in [9.17, 15) is 0 Å². The summed E-state index contributed by atoms with van der Waals surface area (Å²) in [4.78, 5) is 5.75. The molecule has 0 radical (unpaired) electrons. The first-order valence-corrected chi connectivity index (χ1v) is 9.09. The van der Waals surface area contributed by atoms with Gasteiger partial charge in [0.15, 0.2) is 0 Å². The van der Waals surface area contributed by atoms with Crippen molar-refractivity contribution < 1.29 is 0 Å². The maximum atomic E-state index is 3.55. The van der Waals surface area contributed by atoms with Gasteiger partial charge in [0.25, 0.3) is 0 Å². The second kappa shape index (κ2) is 8.16. The van der Waals surface area contributed by atoms with Crippen molar-refractivity contribution in [3.05, 3.63) is 21.9 Å². The molecule has 1 aliphatic rings. The lowest BCUT2D eigenvalue weighted by Crippen LogP contribution is -2.39. The monoisotopic (exact) mass is 294 g/mol. The van der Waals surface area contributed by atoms with Crippen molar-refractivity contribution in [2.75, 3.05) is 26.2 Å². The molecule has 0 aromatic carbocycles. The van der Waals surface area contributed by atoms with E-state index in [0.29, 0.717) is 6.04 Å². The van der Waals surface area contributed by atoms with E-state index >= 15 is 0 Å². The molecule has 1 fully saturated rings. The average molecular weight is 295 g/mol. The second-order valence-corrected chi connectivity index (χ2v) is 7.24. The van der Waals surface area contributed by atoms with Gasteiger partial charge in [-0.05, 0) is 70.3 Å². The topological polar surface area (TPSA) is 15.3 Å². The summed E-state index contributed by atoms with van der Waals surface area (Å²) in [6, 6.07) is 5.22. The summed E-state index contributed by atoms with van der Waals surface area (Å²) in [5, 5.41) is 3.55. The van der Waals surface area contributed by atoms with E-state index in [0.717, 1.165) is 12.3 Å². The number of nitrogens with one attached hydrogen (secondary N) is 1. The summed E-state index contributed by atoms with van der Waals surface area (Å²) < 4.78 is 0. The van der Waals surface area contributed by atoms with E-state index in [1.165, 1.54) is 50.3 Å². The van der Waals surface area contributed by atoms with Gasteiger partial charge in [0.1, 0.15) is 0 Å². The fourth-order valence-corrected chi connectivity index (χ4v) is 4.17. The normalized spacial score (nSPS) is 21.3. The van der Waals surface area contributed by atoms with Crippen LogP contribution in [0.25, 0.3) is 0 Å². The third-order valence-electron chi connectivity index (χ3n) is 4.39. The number of piperidine rings is 1. The van der Waals surface area contributed by atoms with Gasteiger partial charge in [-0.2, -0.15) is 0 Å². The highest BCUT2D eigenvalue weighted by Crippen LogP contribution is 2.29. The van der Waals surface area contributed by atoms with Crippen molar-refractivity contribution in [3.63, 3.8) is 0 Å². The Morgan fingerprint density at radius 2 is 2.25 bits per heavy atom. The van der Waals surface area contributed by atoms with Crippen molar-refractivity contribution in [3.8, 4) is 0 Å². The van der Waals surface area contributed by atoms with Crippen LogP contribution in [0.1, 0.15) is 55.8 Å².